The van der Waals surface area contributed by atoms with Crippen molar-refractivity contribution in [3.8, 4) is 11.4 Å². The molecule has 1 atom stereocenters. The second-order valence-electron chi connectivity index (χ2n) is 7.36. The Bertz CT molecular complexity index is 1040. The van der Waals surface area contributed by atoms with Crippen LogP contribution >= 0.6 is 0 Å². The van der Waals surface area contributed by atoms with Crippen LogP contribution in [0.3, 0.4) is 0 Å². The number of aromatic nitrogens is 3. The van der Waals surface area contributed by atoms with Gasteiger partial charge in [-0.1, -0.05) is 17.3 Å². The SMILES string of the molecule is O=C(NCc1cccc(-n2cc(C3CCCO3)nn2)c1)c1ccc2c(c1)CCO2. The molecular formula is C22H22N4O3. The van der Waals surface area contributed by atoms with E-state index >= 15 is 0 Å². The summed E-state index contributed by atoms with van der Waals surface area (Å²) in [4.78, 5) is 12.5. The highest BCUT2D eigenvalue weighted by molar-refractivity contribution is 5.94. The summed E-state index contributed by atoms with van der Waals surface area (Å²) in [6.45, 7) is 1.90. The molecule has 1 amide bonds. The topological polar surface area (TPSA) is 78.3 Å². The maximum absolute atomic E-state index is 12.5. The van der Waals surface area contributed by atoms with Crippen molar-refractivity contribution in [2.24, 2.45) is 0 Å². The monoisotopic (exact) mass is 390 g/mol. The Morgan fingerprint density at radius 3 is 3.07 bits per heavy atom. The van der Waals surface area contributed by atoms with Crippen molar-refractivity contribution >= 4 is 5.91 Å². The number of hydrogen-bond acceptors (Lipinski definition) is 5. The number of rotatable bonds is 5. The highest BCUT2D eigenvalue weighted by Crippen LogP contribution is 2.27. The fraction of sp³-hybridized carbons (Fsp3) is 0.318. The van der Waals surface area contributed by atoms with E-state index in [2.05, 4.69) is 15.6 Å². The fourth-order valence-corrected chi connectivity index (χ4v) is 3.78. The van der Waals surface area contributed by atoms with Gasteiger partial charge in [-0.3, -0.25) is 4.79 Å². The number of nitrogens with one attached hydrogen (secondary N) is 1. The fourth-order valence-electron chi connectivity index (χ4n) is 3.78. The largest absolute Gasteiger partial charge is 0.493 e. The van der Waals surface area contributed by atoms with Crippen LogP contribution in [0.2, 0.25) is 0 Å². The zero-order valence-electron chi connectivity index (χ0n) is 16.0. The molecule has 3 heterocycles. The first kappa shape index (κ1) is 17.9. The van der Waals surface area contributed by atoms with E-state index in [-0.39, 0.29) is 12.0 Å². The van der Waals surface area contributed by atoms with Gasteiger partial charge in [-0.2, -0.15) is 0 Å². The molecule has 7 heteroatoms. The Balaban J connectivity index is 1.26. The lowest BCUT2D eigenvalue weighted by Gasteiger charge is -2.08. The van der Waals surface area contributed by atoms with Crippen LogP contribution in [0, 0.1) is 0 Å². The summed E-state index contributed by atoms with van der Waals surface area (Å²) in [5.74, 6) is 0.788. The lowest BCUT2D eigenvalue weighted by Crippen LogP contribution is -2.22. The van der Waals surface area contributed by atoms with Crippen molar-refractivity contribution in [2.45, 2.75) is 31.9 Å². The summed E-state index contributed by atoms with van der Waals surface area (Å²) < 4.78 is 12.9. The number of carbonyl (C=O) groups is 1. The van der Waals surface area contributed by atoms with Gasteiger partial charge in [0.05, 0.1) is 18.5 Å². The summed E-state index contributed by atoms with van der Waals surface area (Å²) in [5, 5.41) is 11.5. The van der Waals surface area contributed by atoms with Gasteiger partial charge in [-0.25, -0.2) is 4.68 Å². The number of hydrogen-bond donors (Lipinski definition) is 1. The normalized spacial score (nSPS) is 17.7. The summed E-state index contributed by atoms with van der Waals surface area (Å²) in [5.41, 5.74) is 4.51. The van der Waals surface area contributed by atoms with Gasteiger partial charge >= 0.3 is 0 Å². The standard InChI is InChI=1S/C22H22N4O3/c27-22(17-6-7-20-16(12-17)8-10-29-20)23-13-15-3-1-4-18(11-15)26-14-19(24-25-26)21-5-2-9-28-21/h1,3-4,6-7,11-12,14,21H,2,5,8-10,13H2,(H,23,27). The molecule has 3 aromatic rings. The van der Waals surface area contributed by atoms with Gasteiger partial charge in [0, 0.05) is 25.1 Å². The summed E-state index contributed by atoms with van der Waals surface area (Å²) in [6, 6.07) is 13.5. The van der Waals surface area contributed by atoms with Gasteiger partial charge in [0.15, 0.2) is 0 Å². The summed E-state index contributed by atoms with van der Waals surface area (Å²) >= 11 is 0. The third-order valence-corrected chi connectivity index (χ3v) is 5.35. The first-order valence-corrected chi connectivity index (χ1v) is 9.93. The second-order valence-corrected chi connectivity index (χ2v) is 7.36. The summed E-state index contributed by atoms with van der Waals surface area (Å²) in [6.07, 6.45) is 4.86. The highest BCUT2D eigenvalue weighted by atomic mass is 16.5. The predicted molar refractivity (Wildman–Crippen MR) is 106 cm³/mol. The molecule has 7 nitrogen and oxygen atoms in total. The van der Waals surface area contributed by atoms with Crippen LogP contribution in [0.5, 0.6) is 5.75 Å². The smallest absolute Gasteiger partial charge is 0.251 e. The van der Waals surface area contributed by atoms with Crippen LogP contribution in [-0.4, -0.2) is 34.1 Å². The molecule has 0 radical (unpaired) electrons. The van der Waals surface area contributed by atoms with Crippen molar-refractivity contribution in [3.63, 3.8) is 0 Å². The number of amides is 1. The van der Waals surface area contributed by atoms with Crippen molar-refractivity contribution in [1.82, 2.24) is 20.3 Å². The zero-order valence-corrected chi connectivity index (χ0v) is 16.0. The predicted octanol–water partition coefficient (Wildman–Crippen LogP) is 2.98. The summed E-state index contributed by atoms with van der Waals surface area (Å²) in [7, 11) is 0. The van der Waals surface area contributed by atoms with E-state index in [9.17, 15) is 4.79 Å². The van der Waals surface area contributed by atoms with Gasteiger partial charge in [0.2, 0.25) is 0 Å². The molecule has 5 rings (SSSR count). The molecule has 0 saturated carbocycles. The van der Waals surface area contributed by atoms with E-state index in [0.29, 0.717) is 18.7 Å². The number of ether oxygens (including phenoxy) is 2. The van der Waals surface area contributed by atoms with E-state index in [1.165, 1.54) is 0 Å². The van der Waals surface area contributed by atoms with Crippen molar-refractivity contribution < 1.29 is 14.3 Å². The molecular weight excluding hydrogens is 368 g/mol. The molecule has 1 aromatic heterocycles. The van der Waals surface area contributed by atoms with Crippen LogP contribution in [-0.2, 0) is 17.7 Å². The second kappa shape index (κ2) is 7.67. The first-order chi connectivity index (χ1) is 14.3. The van der Waals surface area contributed by atoms with Gasteiger partial charge in [0.25, 0.3) is 5.91 Å². The van der Waals surface area contributed by atoms with Crippen LogP contribution in [0.4, 0.5) is 0 Å². The maximum Gasteiger partial charge on any atom is 0.251 e. The Morgan fingerprint density at radius 2 is 2.17 bits per heavy atom. The van der Waals surface area contributed by atoms with Gasteiger partial charge in [-0.05, 0) is 54.3 Å². The van der Waals surface area contributed by atoms with Crippen LogP contribution in [0.1, 0.15) is 46.1 Å². The van der Waals surface area contributed by atoms with Crippen molar-refractivity contribution in [2.75, 3.05) is 13.2 Å². The minimum atomic E-state index is -0.0912. The molecule has 0 bridgehead atoms. The Labute approximate surface area is 168 Å². The zero-order chi connectivity index (χ0) is 19.6. The van der Waals surface area contributed by atoms with Gasteiger partial charge in [0.1, 0.15) is 17.5 Å². The van der Waals surface area contributed by atoms with Crippen LogP contribution in [0.15, 0.2) is 48.7 Å². The number of fused-ring (bicyclic) bond motifs is 1. The average Bonchev–Trinajstić information content (AvgIpc) is 3.52. The minimum absolute atomic E-state index is 0.0453. The lowest BCUT2D eigenvalue weighted by atomic mass is 10.1. The minimum Gasteiger partial charge on any atom is -0.493 e. The van der Waals surface area contributed by atoms with Crippen LogP contribution < -0.4 is 10.1 Å². The number of benzene rings is 2. The number of nitrogens with zero attached hydrogens (tertiary/aromatic N) is 3. The molecule has 1 fully saturated rings. The average molecular weight is 390 g/mol. The van der Waals surface area contributed by atoms with Gasteiger partial charge in [-0.15, -0.1) is 5.10 Å². The first-order valence-electron chi connectivity index (χ1n) is 9.93. The molecule has 148 valence electrons. The Kier molecular flexibility index (Phi) is 4.73. The van der Waals surface area contributed by atoms with E-state index in [1.807, 2.05) is 42.6 Å². The lowest BCUT2D eigenvalue weighted by molar-refractivity contribution is 0.0950. The van der Waals surface area contributed by atoms with Gasteiger partial charge < -0.3 is 14.8 Å². The van der Waals surface area contributed by atoms with E-state index < -0.39 is 0 Å². The molecule has 2 aliphatic rings. The quantitative estimate of drug-likeness (QED) is 0.725. The third-order valence-electron chi connectivity index (χ3n) is 5.35. The van der Waals surface area contributed by atoms with Crippen LogP contribution in [0.25, 0.3) is 5.69 Å². The van der Waals surface area contributed by atoms with E-state index in [1.54, 1.807) is 10.7 Å². The molecule has 1 saturated heterocycles. The highest BCUT2D eigenvalue weighted by Gasteiger charge is 2.21. The molecule has 29 heavy (non-hydrogen) atoms. The van der Waals surface area contributed by atoms with E-state index in [0.717, 1.165) is 54.1 Å². The molecule has 1 unspecified atom stereocenters. The molecule has 2 aromatic carbocycles. The Morgan fingerprint density at radius 1 is 1.21 bits per heavy atom. The van der Waals surface area contributed by atoms with Crippen molar-refractivity contribution in [1.29, 1.82) is 0 Å². The van der Waals surface area contributed by atoms with Crippen molar-refractivity contribution in [3.05, 3.63) is 71.0 Å². The molecule has 1 N–H and O–H groups in total. The van der Waals surface area contributed by atoms with E-state index in [4.69, 9.17) is 9.47 Å². The molecule has 0 spiro atoms. The Hall–Kier alpha value is -3.19. The third kappa shape index (κ3) is 3.73. The maximum atomic E-state index is 12.5. The number of carbonyl (C=O) groups excluding carboxylic acids is 1. The molecule has 0 aliphatic carbocycles. The molecule has 2 aliphatic heterocycles.